The molecular formula is C16H20O3. The van der Waals surface area contributed by atoms with Gasteiger partial charge >= 0.3 is 5.97 Å². The van der Waals surface area contributed by atoms with E-state index in [9.17, 15) is 4.79 Å². The van der Waals surface area contributed by atoms with Crippen molar-refractivity contribution in [2.45, 2.75) is 33.1 Å². The van der Waals surface area contributed by atoms with Crippen molar-refractivity contribution in [1.82, 2.24) is 0 Å². The molecule has 0 radical (unpaired) electrons. The van der Waals surface area contributed by atoms with Crippen LogP contribution in [0.4, 0.5) is 0 Å². The fourth-order valence-corrected chi connectivity index (χ4v) is 2.32. The zero-order chi connectivity index (χ0) is 13.8. The largest absolute Gasteiger partial charge is 0.497 e. The van der Waals surface area contributed by atoms with Crippen molar-refractivity contribution in [2.75, 3.05) is 13.7 Å². The predicted octanol–water partition coefficient (Wildman–Crippen LogP) is 3.37. The third-order valence-corrected chi connectivity index (χ3v) is 3.51. The summed E-state index contributed by atoms with van der Waals surface area (Å²) < 4.78 is 10.5. The molecule has 0 N–H and O–H groups in total. The Bertz CT molecular complexity index is 515. The van der Waals surface area contributed by atoms with E-state index in [-0.39, 0.29) is 5.97 Å². The molecule has 0 aliphatic heterocycles. The van der Waals surface area contributed by atoms with E-state index >= 15 is 0 Å². The molecule has 1 aliphatic rings. The van der Waals surface area contributed by atoms with Gasteiger partial charge in [-0.1, -0.05) is 19.4 Å². The number of esters is 1. The van der Waals surface area contributed by atoms with Gasteiger partial charge in [-0.3, -0.25) is 0 Å². The van der Waals surface area contributed by atoms with Crippen molar-refractivity contribution in [2.24, 2.45) is 0 Å². The second kappa shape index (κ2) is 5.91. The summed E-state index contributed by atoms with van der Waals surface area (Å²) >= 11 is 0. The summed E-state index contributed by atoms with van der Waals surface area (Å²) in [5.41, 5.74) is 4.07. The molecule has 1 aliphatic carbocycles. The van der Waals surface area contributed by atoms with E-state index in [1.807, 2.05) is 25.1 Å². The fraction of sp³-hybridized carbons (Fsp3) is 0.438. The van der Waals surface area contributed by atoms with E-state index in [1.54, 1.807) is 7.11 Å². The second-order valence-electron chi connectivity index (χ2n) is 4.79. The van der Waals surface area contributed by atoms with E-state index in [2.05, 4.69) is 6.92 Å². The third-order valence-electron chi connectivity index (χ3n) is 3.51. The Labute approximate surface area is 114 Å². The molecule has 102 valence electrons. The van der Waals surface area contributed by atoms with Crippen LogP contribution in [0.15, 0.2) is 23.8 Å². The standard InChI is InChI=1S/C16H20O3/c1-4-5-8-19-16(17)15-10-12-9-13(18-3)6-7-14(12)11(15)2/h6-7,9H,4-5,8,10H2,1-3H3. The Morgan fingerprint density at radius 3 is 2.84 bits per heavy atom. The average molecular weight is 260 g/mol. The van der Waals surface area contributed by atoms with Crippen LogP contribution in [0.1, 0.15) is 37.8 Å². The lowest BCUT2D eigenvalue weighted by Crippen LogP contribution is -2.09. The zero-order valence-corrected chi connectivity index (χ0v) is 11.8. The van der Waals surface area contributed by atoms with Gasteiger partial charge in [0.15, 0.2) is 0 Å². The first-order chi connectivity index (χ1) is 9.17. The number of fused-ring (bicyclic) bond motifs is 1. The number of hydrogen-bond acceptors (Lipinski definition) is 3. The Hall–Kier alpha value is -1.77. The molecule has 0 heterocycles. The van der Waals surface area contributed by atoms with E-state index in [4.69, 9.17) is 9.47 Å². The molecular weight excluding hydrogens is 240 g/mol. The van der Waals surface area contributed by atoms with Crippen LogP contribution in [0.25, 0.3) is 5.57 Å². The fourth-order valence-electron chi connectivity index (χ4n) is 2.32. The van der Waals surface area contributed by atoms with Crippen molar-refractivity contribution in [3.8, 4) is 5.75 Å². The maximum Gasteiger partial charge on any atom is 0.334 e. The maximum absolute atomic E-state index is 12.0. The number of rotatable bonds is 5. The molecule has 0 aromatic heterocycles. The predicted molar refractivity (Wildman–Crippen MR) is 75.2 cm³/mol. The normalized spacial score (nSPS) is 13.4. The van der Waals surface area contributed by atoms with E-state index in [0.717, 1.165) is 40.9 Å². The second-order valence-corrected chi connectivity index (χ2v) is 4.79. The first-order valence-corrected chi connectivity index (χ1v) is 6.71. The molecule has 0 bridgehead atoms. The molecule has 0 saturated carbocycles. The van der Waals surface area contributed by atoms with Crippen LogP contribution in [0.3, 0.4) is 0 Å². The number of unbranched alkanes of at least 4 members (excludes halogenated alkanes) is 1. The number of hydrogen-bond donors (Lipinski definition) is 0. The van der Waals surface area contributed by atoms with Crippen molar-refractivity contribution in [1.29, 1.82) is 0 Å². The van der Waals surface area contributed by atoms with Gasteiger partial charge in [-0.25, -0.2) is 4.79 Å². The lowest BCUT2D eigenvalue weighted by atomic mass is 10.1. The Morgan fingerprint density at radius 2 is 2.16 bits per heavy atom. The highest BCUT2D eigenvalue weighted by Crippen LogP contribution is 2.35. The summed E-state index contributed by atoms with van der Waals surface area (Å²) in [6, 6.07) is 5.93. The highest BCUT2D eigenvalue weighted by molar-refractivity contribution is 6.00. The molecule has 3 nitrogen and oxygen atoms in total. The van der Waals surface area contributed by atoms with Gasteiger partial charge < -0.3 is 9.47 Å². The average Bonchev–Trinajstić information content (AvgIpc) is 2.75. The molecule has 0 fully saturated rings. The number of methoxy groups -OCH3 is 1. The molecule has 0 spiro atoms. The van der Waals surface area contributed by atoms with Gasteiger partial charge in [0, 0.05) is 12.0 Å². The molecule has 19 heavy (non-hydrogen) atoms. The van der Waals surface area contributed by atoms with Crippen molar-refractivity contribution in [3.63, 3.8) is 0 Å². The number of allylic oxidation sites excluding steroid dienone is 1. The lowest BCUT2D eigenvalue weighted by molar-refractivity contribution is -0.139. The van der Waals surface area contributed by atoms with E-state index in [1.165, 1.54) is 0 Å². The summed E-state index contributed by atoms with van der Waals surface area (Å²) in [5, 5.41) is 0. The zero-order valence-electron chi connectivity index (χ0n) is 11.8. The number of carbonyl (C=O) groups excluding carboxylic acids is 1. The number of benzene rings is 1. The first kappa shape index (κ1) is 13.7. The summed E-state index contributed by atoms with van der Waals surface area (Å²) in [7, 11) is 1.65. The quantitative estimate of drug-likeness (QED) is 0.601. The first-order valence-electron chi connectivity index (χ1n) is 6.71. The van der Waals surface area contributed by atoms with Gasteiger partial charge in [0.1, 0.15) is 5.75 Å². The van der Waals surface area contributed by atoms with Crippen LogP contribution in [0.5, 0.6) is 5.75 Å². The van der Waals surface area contributed by atoms with Gasteiger partial charge in [-0.2, -0.15) is 0 Å². The topological polar surface area (TPSA) is 35.5 Å². The van der Waals surface area contributed by atoms with Crippen LogP contribution in [-0.4, -0.2) is 19.7 Å². The minimum Gasteiger partial charge on any atom is -0.497 e. The minimum absolute atomic E-state index is 0.180. The maximum atomic E-state index is 12.0. The van der Waals surface area contributed by atoms with Crippen LogP contribution in [0, 0.1) is 0 Å². The van der Waals surface area contributed by atoms with E-state index in [0.29, 0.717) is 13.0 Å². The van der Waals surface area contributed by atoms with E-state index < -0.39 is 0 Å². The highest BCUT2D eigenvalue weighted by atomic mass is 16.5. The molecule has 1 aromatic rings. The van der Waals surface area contributed by atoms with Crippen LogP contribution in [0.2, 0.25) is 0 Å². The van der Waals surface area contributed by atoms with Crippen LogP contribution < -0.4 is 4.74 Å². The van der Waals surface area contributed by atoms with Crippen molar-refractivity contribution >= 4 is 11.5 Å². The summed E-state index contributed by atoms with van der Waals surface area (Å²) in [6.07, 6.45) is 2.59. The van der Waals surface area contributed by atoms with Gasteiger partial charge in [-0.15, -0.1) is 0 Å². The lowest BCUT2D eigenvalue weighted by Gasteiger charge is -2.05. The molecule has 2 rings (SSSR count). The van der Waals surface area contributed by atoms with Crippen LogP contribution in [-0.2, 0) is 16.0 Å². The molecule has 0 saturated heterocycles. The van der Waals surface area contributed by atoms with Crippen molar-refractivity contribution < 1.29 is 14.3 Å². The van der Waals surface area contributed by atoms with Crippen LogP contribution >= 0.6 is 0 Å². The number of carbonyl (C=O) groups is 1. The van der Waals surface area contributed by atoms with Gasteiger partial charge in [0.2, 0.25) is 0 Å². The molecule has 1 aromatic carbocycles. The molecule has 3 heteroatoms. The minimum atomic E-state index is -0.180. The summed E-state index contributed by atoms with van der Waals surface area (Å²) in [6.45, 7) is 4.57. The smallest absolute Gasteiger partial charge is 0.334 e. The molecule has 0 unspecified atom stereocenters. The van der Waals surface area contributed by atoms with Gasteiger partial charge in [0.05, 0.1) is 13.7 Å². The Kier molecular flexibility index (Phi) is 4.25. The Balaban J connectivity index is 2.13. The highest BCUT2D eigenvalue weighted by Gasteiger charge is 2.24. The SMILES string of the molecule is CCCCOC(=O)C1=C(C)c2ccc(OC)cc2C1. The van der Waals surface area contributed by atoms with Gasteiger partial charge in [0.25, 0.3) is 0 Å². The summed E-state index contributed by atoms with van der Waals surface area (Å²) in [5.74, 6) is 0.647. The third kappa shape index (κ3) is 2.80. The van der Waals surface area contributed by atoms with Gasteiger partial charge in [-0.05, 0) is 42.2 Å². The Morgan fingerprint density at radius 1 is 1.37 bits per heavy atom. The monoisotopic (exact) mass is 260 g/mol. The molecule has 0 atom stereocenters. The summed E-state index contributed by atoms with van der Waals surface area (Å²) in [4.78, 5) is 12.0. The molecule has 0 amide bonds. The van der Waals surface area contributed by atoms with Crippen molar-refractivity contribution in [3.05, 3.63) is 34.9 Å². The number of ether oxygens (including phenoxy) is 2.